The highest BCUT2D eigenvalue weighted by Gasteiger charge is 2.02. The molecule has 17 heavy (non-hydrogen) atoms. The molecule has 1 unspecified atom stereocenters. The van der Waals surface area contributed by atoms with Gasteiger partial charge in [-0.2, -0.15) is 0 Å². The molecule has 0 aliphatic rings. The molecule has 0 aliphatic heterocycles. The van der Waals surface area contributed by atoms with E-state index in [4.69, 9.17) is 6.42 Å². The molecule has 1 N–H and O–H groups in total. The number of benzene rings is 2. The van der Waals surface area contributed by atoms with Crippen LogP contribution in [0.3, 0.4) is 0 Å². The summed E-state index contributed by atoms with van der Waals surface area (Å²) in [6.07, 6.45) is 6.07. The Balaban J connectivity index is 2.16. The molecule has 0 aliphatic carbocycles. The first-order chi connectivity index (χ1) is 8.31. The van der Waals surface area contributed by atoms with Crippen molar-refractivity contribution in [1.82, 2.24) is 5.32 Å². The van der Waals surface area contributed by atoms with Gasteiger partial charge in [0, 0.05) is 19.0 Å². The van der Waals surface area contributed by atoms with Crippen LogP contribution in [0.1, 0.15) is 18.9 Å². The third-order valence-corrected chi connectivity index (χ3v) is 2.94. The summed E-state index contributed by atoms with van der Waals surface area (Å²) in [5.41, 5.74) is 1.33. The first-order valence-corrected chi connectivity index (χ1v) is 5.94. The summed E-state index contributed by atoms with van der Waals surface area (Å²) in [7, 11) is 0. The highest BCUT2D eigenvalue weighted by Crippen LogP contribution is 2.18. The third kappa shape index (κ3) is 2.87. The van der Waals surface area contributed by atoms with Crippen LogP contribution in [0.25, 0.3) is 10.8 Å². The molecule has 0 bridgehead atoms. The summed E-state index contributed by atoms with van der Waals surface area (Å²) in [5.74, 6) is 2.68. The Labute approximate surface area is 103 Å². The minimum atomic E-state index is 0.360. The van der Waals surface area contributed by atoms with E-state index in [0.717, 1.165) is 13.0 Å². The average Bonchev–Trinajstić information content (AvgIpc) is 2.36. The number of terminal acetylenes is 1. The fraction of sp³-hybridized carbons (Fsp3) is 0.250. The zero-order chi connectivity index (χ0) is 12.1. The van der Waals surface area contributed by atoms with E-state index in [0.29, 0.717) is 6.04 Å². The molecule has 1 atom stereocenters. The topological polar surface area (TPSA) is 12.0 Å². The molecule has 0 saturated carbocycles. The standard InChI is InChI=1S/C16H17N/c1-3-7-13(2)17-12-15-10-6-9-14-8-4-5-11-16(14)15/h1,4-6,8-11,13,17H,7,12H2,2H3. The predicted octanol–water partition coefficient (Wildman–Crippen LogP) is 3.34. The van der Waals surface area contributed by atoms with Crippen molar-refractivity contribution in [2.75, 3.05) is 0 Å². The zero-order valence-electron chi connectivity index (χ0n) is 10.1. The van der Waals surface area contributed by atoms with Gasteiger partial charge in [-0.3, -0.25) is 0 Å². The Bertz CT molecular complexity index is 531. The summed E-state index contributed by atoms with van der Waals surface area (Å²) < 4.78 is 0. The summed E-state index contributed by atoms with van der Waals surface area (Å²) in [6, 6.07) is 15.2. The van der Waals surface area contributed by atoms with Crippen molar-refractivity contribution >= 4 is 10.8 Å². The molecule has 86 valence electrons. The van der Waals surface area contributed by atoms with Crippen molar-refractivity contribution in [3.05, 3.63) is 48.0 Å². The maximum atomic E-state index is 5.30. The number of nitrogens with one attached hydrogen (secondary N) is 1. The van der Waals surface area contributed by atoms with Crippen molar-refractivity contribution in [1.29, 1.82) is 0 Å². The van der Waals surface area contributed by atoms with E-state index in [-0.39, 0.29) is 0 Å². The van der Waals surface area contributed by atoms with E-state index >= 15 is 0 Å². The third-order valence-electron chi connectivity index (χ3n) is 2.94. The van der Waals surface area contributed by atoms with Gasteiger partial charge in [-0.15, -0.1) is 12.3 Å². The smallest absolute Gasteiger partial charge is 0.0238 e. The largest absolute Gasteiger partial charge is 0.309 e. The Morgan fingerprint density at radius 1 is 1.18 bits per heavy atom. The number of fused-ring (bicyclic) bond motifs is 1. The quantitative estimate of drug-likeness (QED) is 0.784. The molecule has 2 rings (SSSR count). The highest BCUT2D eigenvalue weighted by molar-refractivity contribution is 5.85. The van der Waals surface area contributed by atoms with Crippen LogP contribution in [0.4, 0.5) is 0 Å². The first-order valence-electron chi connectivity index (χ1n) is 5.94. The number of hydrogen-bond acceptors (Lipinski definition) is 1. The molecule has 1 heteroatoms. The maximum absolute atomic E-state index is 5.30. The predicted molar refractivity (Wildman–Crippen MR) is 73.7 cm³/mol. The molecule has 1 nitrogen and oxygen atoms in total. The second-order valence-corrected chi connectivity index (χ2v) is 4.33. The SMILES string of the molecule is C#CCC(C)NCc1cccc2ccccc12. The van der Waals surface area contributed by atoms with E-state index in [2.05, 4.69) is 60.6 Å². The van der Waals surface area contributed by atoms with Crippen LogP contribution in [0.5, 0.6) is 0 Å². The molecular formula is C16H17N. The minimum Gasteiger partial charge on any atom is -0.309 e. The van der Waals surface area contributed by atoms with Crippen LogP contribution >= 0.6 is 0 Å². The van der Waals surface area contributed by atoms with Crippen molar-refractivity contribution in [2.24, 2.45) is 0 Å². The van der Waals surface area contributed by atoms with E-state index in [1.807, 2.05) is 0 Å². The lowest BCUT2D eigenvalue weighted by Gasteiger charge is -2.12. The van der Waals surface area contributed by atoms with Gasteiger partial charge in [0.25, 0.3) is 0 Å². The van der Waals surface area contributed by atoms with E-state index in [1.54, 1.807) is 0 Å². The Morgan fingerprint density at radius 3 is 2.76 bits per heavy atom. The maximum Gasteiger partial charge on any atom is 0.0238 e. The average molecular weight is 223 g/mol. The molecule has 0 amide bonds. The molecule has 0 fully saturated rings. The van der Waals surface area contributed by atoms with E-state index in [1.165, 1.54) is 16.3 Å². The second-order valence-electron chi connectivity index (χ2n) is 4.33. The van der Waals surface area contributed by atoms with Crippen molar-refractivity contribution in [2.45, 2.75) is 25.9 Å². The lowest BCUT2D eigenvalue weighted by atomic mass is 10.0. The van der Waals surface area contributed by atoms with Gasteiger partial charge in [-0.05, 0) is 23.3 Å². The zero-order valence-corrected chi connectivity index (χ0v) is 10.1. The van der Waals surface area contributed by atoms with E-state index in [9.17, 15) is 0 Å². The van der Waals surface area contributed by atoms with Crippen LogP contribution < -0.4 is 5.32 Å². The van der Waals surface area contributed by atoms with E-state index < -0.39 is 0 Å². The molecule has 0 spiro atoms. The summed E-state index contributed by atoms with van der Waals surface area (Å²) in [5, 5.41) is 6.05. The van der Waals surface area contributed by atoms with Gasteiger partial charge < -0.3 is 5.32 Å². The van der Waals surface area contributed by atoms with Crippen molar-refractivity contribution < 1.29 is 0 Å². The fourth-order valence-corrected chi connectivity index (χ4v) is 1.98. The Hall–Kier alpha value is -1.78. The van der Waals surface area contributed by atoms with Crippen LogP contribution in [0, 0.1) is 12.3 Å². The number of hydrogen-bond donors (Lipinski definition) is 1. The minimum absolute atomic E-state index is 0.360. The van der Waals surface area contributed by atoms with Crippen molar-refractivity contribution in [3.63, 3.8) is 0 Å². The summed E-state index contributed by atoms with van der Waals surface area (Å²) in [4.78, 5) is 0. The highest BCUT2D eigenvalue weighted by atomic mass is 14.9. The molecule has 2 aromatic carbocycles. The Morgan fingerprint density at radius 2 is 1.94 bits per heavy atom. The van der Waals surface area contributed by atoms with Crippen LogP contribution in [-0.2, 0) is 6.54 Å². The molecule has 0 radical (unpaired) electrons. The molecule has 2 aromatic rings. The van der Waals surface area contributed by atoms with Crippen LogP contribution in [0.2, 0.25) is 0 Å². The van der Waals surface area contributed by atoms with Gasteiger partial charge >= 0.3 is 0 Å². The monoisotopic (exact) mass is 223 g/mol. The normalized spacial score (nSPS) is 12.2. The fourth-order valence-electron chi connectivity index (χ4n) is 1.98. The second kappa shape index (κ2) is 5.52. The van der Waals surface area contributed by atoms with Gasteiger partial charge in [-0.25, -0.2) is 0 Å². The summed E-state index contributed by atoms with van der Waals surface area (Å²) >= 11 is 0. The molecule has 0 aromatic heterocycles. The van der Waals surface area contributed by atoms with Gasteiger partial charge in [-0.1, -0.05) is 42.5 Å². The number of rotatable bonds is 4. The molecule has 0 heterocycles. The summed E-state index contributed by atoms with van der Waals surface area (Å²) in [6.45, 7) is 2.98. The molecule has 0 saturated heterocycles. The first kappa shape index (κ1) is 11.7. The van der Waals surface area contributed by atoms with Gasteiger partial charge in [0.15, 0.2) is 0 Å². The molecular weight excluding hydrogens is 206 g/mol. The van der Waals surface area contributed by atoms with Gasteiger partial charge in [0.1, 0.15) is 0 Å². The van der Waals surface area contributed by atoms with Crippen LogP contribution in [-0.4, -0.2) is 6.04 Å². The van der Waals surface area contributed by atoms with Crippen molar-refractivity contribution in [3.8, 4) is 12.3 Å². The Kier molecular flexibility index (Phi) is 3.80. The lowest BCUT2D eigenvalue weighted by Crippen LogP contribution is -2.24. The van der Waals surface area contributed by atoms with Gasteiger partial charge in [0.2, 0.25) is 0 Å². The van der Waals surface area contributed by atoms with Gasteiger partial charge in [0.05, 0.1) is 0 Å². The van der Waals surface area contributed by atoms with Crippen LogP contribution in [0.15, 0.2) is 42.5 Å². The lowest BCUT2D eigenvalue weighted by molar-refractivity contribution is 0.561.